The van der Waals surface area contributed by atoms with E-state index in [2.05, 4.69) is 4.90 Å². The second-order valence-corrected chi connectivity index (χ2v) is 9.28. The Morgan fingerprint density at radius 3 is 2.65 bits per heavy atom. The fourth-order valence-electron chi connectivity index (χ4n) is 5.03. The van der Waals surface area contributed by atoms with Crippen molar-refractivity contribution >= 4 is 22.9 Å². The first kappa shape index (κ1) is 26.5. The highest BCUT2D eigenvalue weighted by atomic mass is 16.5. The highest BCUT2D eigenvalue weighted by Crippen LogP contribution is 2.39. The van der Waals surface area contributed by atoms with Gasteiger partial charge < -0.3 is 23.9 Å². The number of carbonyl (C=O) groups excluding carboxylic acids is 2. The number of carbonyl (C=O) groups is 2. The lowest BCUT2D eigenvalue weighted by molar-refractivity contribution is -0.137. The Kier molecular flexibility index (Phi) is 9.01. The number of nitrogens with zero attached hydrogens (tertiary/aromatic N) is 1. The molecule has 0 saturated carbocycles. The Morgan fingerprint density at radius 1 is 1.11 bits per heavy atom. The summed E-state index contributed by atoms with van der Waals surface area (Å²) in [4.78, 5) is 27.0. The third-order valence-electron chi connectivity index (χ3n) is 6.74. The van der Waals surface area contributed by atoms with Crippen molar-refractivity contribution in [1.82, 2.24) is 4.90 Å². The van der Waals surface area contributed by atoms with E-state index in [9.17, 15) is 14.7 Å². The fraction of sp³-hybridized carbons (Fsp3) is 0.400. The van der Waals surface area contributed by atoms with Gasteiger partial charge in [0.1, 0.15) is 22.7 Å². The Hall–Kier alpha value is -3.58. The summed E-state index contributed by atoms with van der Waals surface area (Å²) in [6, 6.07) is 12.8. The summed E-state index contributed by atoms with van der Waals surface area (Å²) >= 11 is 0. The predicted molar refractivity (Wildman–Crippen MR) is 143 cm³/mol. The number of allylic oxidation sites excluding steroid dienone is 1. The number of phenols is 1. The van der Waals surface area contributed by atoms with Gasteiger partial charge in [-0.25, -0.2) is 9.59 Å². The van der Waals surface area contributed by atoms with Gasteiger partial charge in [0.05, 0.1) is 13.2 Å². The van der Waals surface area contributed by atoms with Crippen LogP contribution in [0, 0.1) is 5.92 Å². The second kappa shape index (κ2) is 12.6. The summed E-state index contributed by atoms with van der Waals surface area (Å²) < 4.78 is 16.5. The number of rotatable bonds is 11. The zero-order valence-corrected chi connectivity index (χ0v) is 21.6. The van der Waals surface area contributed by atoms with Crippen molar-refractivity contribution in [2.45, 2.75) is 39.5 Å². The minimum atomic E-state index is -0.454. The summed E-state index contributed by atoms with van der Waals surface area (Å²) in [5.41, 5.74) is 2.42. The standard InChI is InChI=1S/C30H35NO6/c1-3-35-26(33)14-8-10-21-17-19-31(20-21)18-9-13-23-24(32)15-16-25-27(23)28(30(34)36-4-2)29(37-25)22-11-6-5-7-12-22/h5-8,11-12,14-16,21,32H,3-4,9-10,13,17-20H2,1-2H3/b14-8+. The van der Waals surface area contributed by atoms with Crippen LogP contribution in [-0.4, -0.2) is 54.8 Å². The summed E-state index contributed by atoms with van der Waals surface area (Å²) in [5.74, 6) is 0.384. The smallest absolute Gasteiger partial charge is 0.342 e. The molecule has 4 rings (SSSR count). The normalized spacial score (nSPS) is 16.0. The first-order valence-corrected chi connectivity index (χ1v) is 13.1. The van der Waals surface area contributed by atoms with Gasteiger partial charge in [-0.15, -0.1) is 0 Å². The molecule has 1 aliphatic heterocycles. The number of ether oxygens (including phenoxy) is 2. The third kappa shape index (κ3) is 6.41. The van der Waals surface area contributed by atoms with E-state index < -0.39 is 5.97 Å². The molecule has 1 aliphatic rings. The van der Waals surface area contributed by atoms with Crippen molar-refractivity contribution in [3.8, 4) is 17.1 Å². The maximum absolute atomic E-state index is 13.1. The quantitative estimate of drug-likeness (QED) is 0.262. The molecule has 1 atom stereocenters. The molecule has 1 N–H and O–H groups in total. The van der Waals surface area contributed by atoms with Crippen LogP contribution in [0.15, 0.2) is 59.0 Å². The SMILES string of the molecule is CCOC(=O)/C=C/CC1CCN(CCCc2c(O)ccc3oc(-c4ccccc4)c(C(=O)OCC)c23)C1. The van der Waals surface area contributed by atoms with Crippen LogP contribution in [0.5, 0.6) is 5.75 Å². The van der Waals surface area contributed by atoms with E-state index in [1.54, 1.807) is 26.0 Å². The van der Waals surface area contributed by atoms with Crippen LogP contribution in [0.3, 0.4) is 0 Å². The molecular weight excluding hydrogens is 470 g/mol. The zero-order chi connectivity index (χ0) is 26.2. The van der Waals surface area contributed by atoms with Gasteiger partial charge in [-0.05, 0) is 70.7 Å². The van der Waals surface area contributed by atoms with Gasteiger partial charge in [0.15, 0.2) is 0 Å². The molecule has 1 fully saturated rings. The van der Waals surface area contributed by atoms with E-state index in [0.29, 0.717) is 46.8 Å². The van der Waals surface area contributed by atoms with E-state index >= 15 is 0 Å². The number of esters is 2. The zero-order valence-electron chi connectivity index (χ0n) is 21.6. The van der Waals surface area contributed by atoms with Gasteiger partial charge in [-0.2, -0.15) is 0 Å². The number of aromatic hydroxyl groups is 1. The molecule has 2 heterocycles. The van der Waals surface area contributed by atoms with Crippen molar-refractivity contribution in [2.75, 3.05) is 32.8 Å². The van der Waals surface area contributed by atoms with Gasteiger partial charge in [0.2, 0.25) is 0 Å². The number of furan rings is 1. The van der Waals surface area contributed by atoms with Crippen molar-refractivity contribution < 1.29 is 28.6 Å². The maximum Gasteiger partial charge on any atom is 0.342 e. The van der Waals surface area contributed by atoms with Crippen LogP contribution >= 0.6 is 0 Å². The van der Waals surface area contributed by atoms with Crippen molar-refractivity contribution in [3.63, 3.8) is 0 Å². The lowest BCUT2D eigenvalue weighted by Crippen LogP contribution is -2.22. The largest absolute Gasteiger partial charge is 0.508 e. The molecule has 2 aromatic carbocycles. The number of fused-ring (bicyclic) bond motifs is 1. The molecule has 0 amide bonds. The molecule has 0 aliphatic carbocycles. The molecule has 0 spiro atoms. The topological polar surface area (TPSA) is 89.2 Å². The van der Waals surface area contributed by atoms with Gasteiger partial charge in [0, 0.05) is 29.1 Å². The lowest BCUT2D eigenvalue weighted by atomic mass is 9.98. The molecule has 0 bridgehead atoms. The first-order valence-electron chi connectivity index (χ1n) is 13.1. The number of phenolic OH excluding ortho intramolecular Hbond substituents is 1. The van der Waals surface area contributed by atoms with E-state index in [1.807, 2.05) is 36.4 Å². The maximum atomic E-state index is 13.1. The molecule has 37 heavy (non-hydrogen) atoms. The highest BCUT2D eigenvalue weighted by Gasteiger charge is 2.27. The number of aryl methyl sites for hydroxylation is 1. The van der Waals surface area contributed by atoms with Crippen molar-refractivity contribution in [2.24, 2.45) is 5.92 Å². The predicted octanol–water partition coefficient (Wildman–Crippen LogP) is 5.75. The molecule has 1 aromatic heterocycles. The van der Waals surface area contributed by atoms with Crippen LogP contribution in [0.25, 0.3) is 22.3 Å². The van der Waals surface area contributed by atoms with E-state index in [-0.39, 0.29) is 18.3 Å². The van der Waals surface area contributed by atoms with E-state index in [1.165, 1.54) is 6.08 Å². The molecule has 3 aromatic rings. The average molecular weight is 506 g/mol. The van der Waals surface area contributed by atoms with Gasteiger partial charge in [-0.1, -0.05) is 36.4 Å². The van der Waals surface area contributed by atoms with Crippen LogP contribution in [0.2, 0.25) is 0 Å². The lowest BCUT2D eigenvalue weighted by Gasteiger charge is -2.16. The van der Waals surface area contributed by atoms with Crippen LogP contribution in [-0.2, 0) is 20.7 Å². The fourth-order valence-corrected chi connectivity index (χ4v) is 5.03. The Morgan fingerprint density at radius 2 is 1.89 bits per heavy atom. The first-order chi connectivity index (χ1) is 18.0. The minimum Gasteiger partial charge on any atom is -0.508 e. The summed E-state index contributed by atoms with van der Waals surface area (Å²) in [7, 11) is 0. The molecule has 0 radical (unpaired) electrons. The van der Waals surface area contributed by atoms with Crippen molar-refractivity contribution in [3.05, 3.63) is 65.7 Å². The Bertz CT molecular complexity index is 1250. The Labute approximate surface area is 217 Å². The number of hydrogen-bond donors (Lipinski definition) is 1. The van der Waals surface area contributed by atoms with Gasteiger partial charge in [0.25, 0.3) is 0 Å². The number of hydrogen-bond acceptors (Lipinski definition) is 7. The number of likely N-dealkylation sites (tertiary alicyclic amines) is 1. The molecule has 7 heteroatoms. The molecule has 7 nitrogen and oxygen atoms in total. The molecule has 1 unspecified atom stereocenters. The monoisotopic (exact) mass is 505 g/mol. The Balaban J connectivity index is 1.48. The summed E-state index contributed by atoms with van der Waals surface area (Å²) in [5, 5.41) is 11.4. The summed E-state index contributed by atoms with van der Waals surface area (Å²) in [6.07, 6.45) is 6.80. The second-order valence-electron chi connectivity index (χ2n) is 9.28. The van der Waals surface area contributed by atoms with Gasteiger partial charge in [-0.3, -0.25) is 0 Å². The summed E-state index contributed by atoms with van der Waals surface area (Å²) in [6.45, 7) is 7.07. The van der Waals surface area contributed by atoms with Crippen LogP contribution < -0.4 is 0 Å². The molecule has 196 valence electrons. The average Bonchev–Trinajstić information content (AvgIpc) is 3.51. The van der Waals surface area contributed by atoms with Crippen LogP contribution in [0.4, 0.5) is 0 Å². The van der Waals surface area contributed by atoms with Gasteiger partial charge >= 0.3 is 11.9 Å². The third-order valence-corrected chi connectivity index (χ3v) is 6.74. The van der Waals surface area contributed by atoms with Crippen LogP contribution in [0.1, 0.15) is 49.0 Å². The highest BCUT2D eigenvalue weighted by molar-refractivity contribution is 6.10. The number of benzene rings is 2. The van der Waals surface area contributed by atoms with E-state index in [0.717, 1.165) is 44.5 Å². The van der Waals surface area contributed by atoms with Crippen molar-refractivity contribution in [1.29, 1.82) is 0 Å². The molecule has 1 saturated heterocycles. The van der Waals surface area contributed by atoms with E-state index in [4.69, 9.17) is 13.9 Å². The molecular formula is C30H35NO6. The minimum absolute atomic E-state index is 0.155.